The highest BCUT2D eigenvalue weighted by Crippen LogP contribution is 2.05. The van der Waals surface area contributed by atoms with Crippen molar-refractivity contribution in [3.63, 3.8) is 0 Å². The Balaban J connectivity index is 4.43. The molecule has 0 aromatic rings. The fraction of sp³-hybridized carbons (Fsp3) is 0.429. The van der Waals surface area contributed by atoms with Crippen molar-refractivity contribution in [1.29, 1.82) is 5.39 Å². The van der Waals surface area contributed by atoms with Crippen molar-refractivity contribution in [3.05, 3.63) is 28.8 Å². The highest BCUT2D eigenvalue weighted by Gasteiger charge is 2.15. The van der Waals surface area contributed by atoms with E-state index in [9.17, 15) is 0 Å². The molecule has 0 spiro atoms. The molecule has 0 rings (SSSR count). The van der Waals surface area contributed by atoms with Crippen molar-refractivity contribution in [2.75, 3.05) is 6.61 Å². The predicted molar refractivity (Wildman–Crippen MR) is 41.2 cm³/mol. The summed E-state index contributed by atoms with van der Waals surface area (Å²) in [5.74, 6) is -0.367. The molecule has 1 N–H and O–H groups in total. The normalized spacial score (nSPS) is 12.5. The third-order valence-corrected chi connectivity index (χ3v) is 0.932. The maximum absolute atomic E-state index is 8.99. The molecule has 0 aromatic heterocycles. The van der Waals surface area contributed by atoms with Crippen molar-refractivity contribution >= 4 is 0 Å². The summed E-state index contributed by atoms with van der Waals surface area (Å²) in [6.07, 6.45) is 3.06. The molecule has 0 radical (unpaired) electrons. The molecule has 0 fully saturated rings. The number of ether oxygens (including phenoxy) is 1. The largest absolute Gasteiger partial charge is 0.475 e. The van der Waals surface area contributed by atoms with Crippen LogP contribution in [0.15, 0.2) is 23.8 Å². The lowest BCUT2D eigenvalue weighted by atomic mass is 10.4. The van der Waals surface area contributed by atoms with Crippen LogP contribution in [0.3, 0.4) is 0 Å². The molecule has 4 nitrogen and oxygen atoms in total. The summed E-state index contributed by atoms with van der Waals surface area (Å²) in [5, 5.41) is 17.3. The Hall–Kier alpha value is -1.50. The van der Waals surface area contributed by atoms with Gasteiger partial charge in [0.1, 0.15) is 0 Å². The van der Waals surface area contributed by atoms with Crippen LogP contribution >= 0.6 is 0 Å². The van der Waals surface area contributed by atoms with Gasteiger partial charge in [0, 0.05) is 6.08 Å². The van der Waals surface area contributed by atoms with E-state index >= 15 is 0 Å². The molecule has 11 heavy (non-hydrogen) atoms. The van der Waals surface area contributed by atoms with Gasteiger partial charge in [-0.2, -0.15) is 0 Å². The minimum absolute atomic E-state index is 0.0225. The van der Waals surface area contributed by atoms with Crippen LogP contribution < -0.4 is 0 Å². The van der Waals surface area contributed by atoms with E-state index < -0.39 is 0 Å². The van der Waals surface area contributed by atoms with E-state index in [0.717, 1.165) is 0 Å². The molecule has 0 amide bonds. The number of aliphatic hydroxyl groups excluding tert-OH is 1. The summed E-state index contributed by atoms with van der Waals surface area (Å²) in [4.78, 5) is 2.81. The SMILES string of the molecule is C/C=C/C([N+]#N)=C(\O)OCC. The van der Waals surface area contributed by atoms with E-state index in [1.54, 1.807) is 19.9 Å². The Labute approximate surface area is 65.4 Å². The van der Waals surface area contributed by atoms with Gasteiger partial charge in [-0.15, -0.1) is 0 Å². The first-order valence-corrected chi connectivity index (χ1v) is 3.30. The predicted octanol–water partition coefficient (Wildman–Crippen LogP) is 2.18. The molecule has 0 aliphatic rings. The molecule has 4 heteroatoms. The van der Waals surface area contributed by atoms with Gasteiger partial charge in [0.05, 0.1) is 6.61 Å². The number of hydrogen-bond donors (Lipinski definition) is 1. The molecular weight excluding hydrogens is 144 g/mol. The average Bonchev–Trinajstić information content (AvgIpc) is 2.00. The van der Waals surface area contributed by atoms with Gasteiger partial charge < -0.3 is 9.84 Å². The average molecular weight is 155 g/mol. The van der Waals surface area contributed by atoms with Gasteiger partial charge in [-0.1, -0.05) is 6.08 Å². The highest BCUT2D eigenvalue weighted by molar-refractivity contribution is 5.23. The van der Waals surface area contributed by atoms with Crippen LogP contribution in [0.25, 0.3) is 4.98 Å². The molecule has 0 saturated carbocycles. The zero-order chi connectivity index (χ0) is 8.69. The molecule has 0 aromatic carbocycles. The number of rotatable bonds is 3. The molecule has 0 saturated heterocycles. The molecule has 0 aliphatic carbocycles. The summed E-state index contributed by atoms with van der Waals surface area (Å²) < 4.78 is 4.68. The summed E-state index contributed by atoms with van der Waals surface area (Å²) in [6, 6.07) is 0. The maximum Gasteiger partial charge on any atom is 0.463 e. The molecule has 60 valence electrons. The smallest absolute Gasteiger partial charge is 0.463 e. The topological polar surface area (TPSA) is 57.6 Å². The van der Waals surface area contributed by atoms with Gasteiger partial charge in [-0.3, -0.25) is 0 Å². The van der Waals surface area contributed by atoms with Crippen LogP contribution in [-0.2, 0) is 4.74 Å². The third-order valence-electron chi connectivity index (χ3n) is 0.932. The van der Waals surface area contributed by atoms with Crippen molar-refractivity contribution in [2.24, 2.45) is 0 Å². The zero-order valence-corrected chi connectivity index (χ0v) is 6.61. The number of allylic oxidation sites excluding steroid dienone is 2. The van der Waals surface area contributed by atoms with Gasteiger partial charge >= 0.3 is 11.6 Å². The lowest BCUT2D eigenvalue weighted by Gasteiger charge is -1.94. The molecule has 0 aliphatic heterocycles. The lowest BCUT2D eigenvalue weighted by Crippen LogP contribution is -1.92. The second-order valence-corrected chi connectivity index (χ2v) is 1.72. The fourth-order valence-corrected chi connectivity index (χ4v) is 0.516. The van der Waals surface area contributed by atoms with Gasteiger partial charge in [-0.05, 0) is 13.8 Å². The van der Waals surface area contributed by atoms with E-state index in [0.29, 0.717) is 6.61 Å². The van der Waals surface area contributed by atoms with Crippen LogP contribution in [0.1, 0.15) is 13.8 Å². The standard InChI is InChI=1S/C7H10N2O2/c1-3-5-6(9-8)7(10)11-4-2/h3,5H,4H2,1-2H3/p+1/b5-3+,7-6-. The molecular formula is C7H11N2O2+. The summed E-state index contributed by atoms with van der Waals surface area (Å²) >= 11 is 0. The first-order chi connectivity index (χ1) is 5.26. The second kappa shape index (κ2) is 5.30. The number of aliphatic hydroxyl groups is 1. The Morgan fingerprint density at radius 2 is 2.36 bits per heavy atom. The first kappa shape index (κ1) is 9.50. The fourth-order valence-electron chi connectivity index (χ4n) is 0.516. The van der Waals surface area contributed by atoms with E-state index in [2.05, 4.69) is 9.71 Å². The lowest BCUT2D eigenvalue weighted by molar-refractivity contribution is 0.0999. The van der Waals surface area contributed by atoms with Crippen molar-refractivity contribution < 1.29 is 9.84 Å². The van der Waals surface area contributed by atoms with Crippen LogP contribution in [0, 0.1) is 5.39 Å². The van der Waals surface area contributed by atoms with E-state index in [1.807, 2.05) is 0 Å². The summed E-state index contributed by atoms with van der Waals surface area (Å²) in [6.45, 7) is 3.80. The minimum Gasteiger partial charge on any atom is -0.475 e. The van der Waals surface area contributed by atoms with Crippen LogP contribution in [0.2, 0.25) is 0 Å². The Kier molecular flexibility index (Phi) is 4.58. The quantitative estimate of drug-likeness (QED) is 0.386. The van der Waals surface area contributed by atoms with Crippen LogP contribution in [0.4, 0.5) is 0 Å². The third kappa shape index (κ3) is 3.26. The number of hydrogen-bond acceptors (Lipinski definition) is 3. The van der Waals surface area contributed by atoms with Crippen molar-refractivity contribution in [2.45, 2.75) is 13.8 Å². The van der Waals surface area contributed by atoms with Crippen molar-refractivity contribution in [3.8, 4) is 0 Å². The second-order valence-electron chi connectivity index (χ2n) is 1.72. The van der Waals surface area contributed by atoms with E-state index in [4.69, 9.17) is 10.5 Å². The van der Waals surface area contributed by atoms with Gasteiger partial charge in [0.15, 0.2) is 4.98 Å². The maximum atomic E-state index is 8.99. The molecule has 0 heterocycles. The van der Waals surface area contributed by atoms with Crippen LogP contribution in [0.5, 0.6) is 0 Å². The highest BCUT2D eigenvalue weighted by atomic mass is 16.6. The summed E-state index contributed by atoms with van der Waals surface area (Å²) in [7, 11) is 0. The molecule has 0 atom stereocenters. The van der Waals surface area contributed by atoms with Gasteiger partial charge in [-0.25, -0.2) is 0 Å². The Morgan fingerprint density at radius 3 is 2.73 bits per heavy atom. The van der Waals surface area contributed by atoms with Crippen molar-refractivity contribution in [1.82, 2.24) is 0 Å². The van der Waals surface area contributed by atoms with Gasteiger partial charge in [0.25, 0.3) is 0 Å². The van der Waals surface area contributed by atoms with Gasteiger partial charge in [0.2, 0.25) is 5.39 Å². The Morgan fingerprint density at radius 1 is 1.73 bits per heavy atom. The summed E-state index contributed by atoms with van der Waals surface area (Å²) in [5.41, 5.74) is 0.0225. The minimum atomic E-state index is -0.367. The number of nitrogens with zero attached hydrogens (tertiary/aromatic N) is 2. The number of diazo groups is 1. The van der Waals surface area contributed by atoms with E-state index in [-0.39, 0.29) is 11.6 Å². The monoisotopic (exact) mass is 155 g/mol. The first-order valence-electron chi connectivity index (χ1n) is 3.30. The zero-order valence-electron chi connectivity index (χ0n) is 6.61. The Bertz CT molecular complexity index is 213. The molecule has 0 unspecified atom stereocenters. The van der Waals surface area contributed by atoms with E-state index in [1.165, 1.54) is 6.08 Å². The van der Waals surface area contributed by atoms with Crippen LogP contribution in [-0.4, -0.2) is 11.7 Å². The molecule has 0 bridgehead atoms.